The zero-order valence-corrected chi connectivity index (χ0v) is 14.6. The number of methoxy groups -OCH3 is 1. The first kappa shape index (κ1) is 16.8. The second kappa shape index (κ2) is 7.28. The molecule has 0 fully saturated rings. The molecule has 8 nitrogen and oxygen atoms in total. The summed E-state index contributed by atoms with van der Waals surface area (Å²) in [6.45, 7) is 0.751. The van der Waals surface area contributed by atoms with Crippen molar-refractivity contribution in [1.82, 2.24) is 9.97 Å². The summed E-state index contributed by atoms with van der Waals surface area (Å²) in [5.74, 6) is 3.31. The maximum absolute atomic E-state index is 6.18. The lowest BCUT2D eigenvalue weighted by Crippen LogP contribution is -2.07. The van der Waals surface area contributed by atoms with E-state index in [2.05, 4.69) is 15.3 Å². The molecule has 2 aromatic carbocycles. The normalized spacial score (nSPS) is 11.9. The first-order chi connectivity index (χ1) is 13.2. The summed E-state index contributed by atoms with van der Waals surface area (Å²) in [6, 6.07) is 13.0. The molecular weight excluding hydrogens is 348 g/mol. The highest BCUT2D eigenvalue weighted by molar-refractivity contribution is 5.67. The van der Waals surface area contributed by atoms with E-state index < -0.39 is 0 Å². The Kier molecular flexibility index (Phi) is 4.52. The van der Waals surface area contributed by atoms with Crippen LogP contribution in [0.2, 0.25) is 0 Å². The molecule has 0 radical (unpaired) electrons. The van der Waals surface area contributed by atoms with E-state index in [-0.39, 0.29) is 12.7 Å². The lowest BCUT2D eigenvalue weighted by molar-refractivity contribution is 0.174. The molecule has 4 rings (SSSR count). The van der Waals surface area contributed by atoms with Crippen LogP contribution in [0.5, 0.6) is 28.9 Å². The van der Waals surface area contributed by atoms with Gasteiger partial charge in [-0.05, 0) is 29.8 Å². The van der Waals surface area contributed by atoms with Crippen molar-refractivity contribution in [2.45, 2.75) is 6.54 Å². The number of rotatable bonds is 6. The summed E-state index contributed by atoms with van der Waals surface area (Å²) in [6.07, 6.45) is 1.39. The molecule has 1 aliphatic heterocycles. The van der Waals surface area contributed by atoms with E-state index >= 15 is 0 Å². The Balaban J connectivity index is 1.50. The topological polar surface area (TPSA) is 101 Å². The van der Waals surface area contributed by atoms with Gasteiger partial charge in [0.25, 0.3) is 0 Å². The second-order valence-corrected chi connectivity index (χ2v) is 5.74. The molecule has 2 heterocycles. The largest absolute Gasteiger partial charge is 0.493 e. The quantitative estimate of drug-likeness (QED) is 0.686. The van der Waals surface area contributed by atoms with Gasteiger partial charge >= 0.3 is 0 Å². The third-order valence-electron chi connectivity index (χ3n) is 4.02. The third kappa shape index (κ3) is 3.50. The van der Waals surface area contributed by atoms with Crippen LogP contribution in [0.3, 0.4) is 0 Å². The van der Waals surface area contributed by atoms with E-state index in [1.165, 1.54) is 6.33 Å². The van der Waals surface area contributed by atoms with Gasteiger partial charge in [0, 0.05) is 6.54 Å². The Bertz CT molecular complexity index is 964. The number of nitrogens with two attached hydrogens (primary N) is 1. The Labute approximate surface area is 155 Å². The van der Waals surface area contributed by atoms with Gasteiger partial charge in [0.2, 0.25) is 12.7 Å². The van der Waals surface area contributed by atoms with Gasteiger partial charge in [0.1, 0.15) is 12.0 Å². The van der Waals surface area contributed by atoms with E-state index in [4.69, 9.17) is 24.7 Å². The van der Waals surface area contributed by atoms with Crippen LogP contribution >= 0.6 is 0 Å². The number of ether oxygens (including phenoxy) is 4. The number of fused-ring (bicyclic) bond motifs is 1. The SMILES string of the molecule is COc1ccccc1Oc1ncnc(NCc2ccc3c(c2)OCO3)c1N. The lowest BCUT2D eigenvalue weighted by Gasteiger charge is -2.13. The fourth-order valence-electron chi connectivity index (χ4n) is 2.65. The zero-order chi connectivity index (χ0) is 18.6. The molecule has 0 amide bonds. The minimum absolute atomic E-state index is 0.245. The van der Waals surface area contributed by atoms with Crippen LogP contribution in [0.15, 0.2) is 48.8 Å². The maximum atomic E-state index is 6.18. The third-order valence-corrected chi connectivity index (χ3v) is 4.02. The van der Waals surface area contributed by atoms with Crippen LogP contribution in [-0.4, -0.2) is 23.9 Å². The molecule has 0 unspecified atom stereocenters. The number of benzene rings is 2. The van der Waals surface area contributed by atoms with Gasteiger partial charge in [0.15, 0.2) is 28.8 Å². The minimum atomic E-state index is 0.245. The maximum Gasteiger partial charge on any atom is 0.248 e. The molecule has 3 aromatic rings. The molecule has 3 N–H and O–H groups in total. The number of aromatic nitrogens is 2. The smallest absolute Gasteiger partial charge is 0.248 e. The van der Waals surface area contributed by atoms with Gasteiger partial charge in [-0.2, -0.15) is 4.98 Å². The Morgan fingerprint density at radius 2 is 1.89 bits per heavy atom. The van der Waals surface area contributed by atoms with Crippen LogP contribution < -0.4 is 30.0 Å². The van der Waals surface area contributed by atoms with Crippen molar-refractivity contribution in [2.75, 3.05) is 25.0 Å². The lowest BCUT2D eigenvalue weighted by atomic mass is 10.2. The highest BCUT2D eigenvalue weighted by Gasteiger charge is 2.15. The summed E-state index contributed by atoms with van der Waals surface area (Å²) in [5.41, 5.74) is 7.49. The van der Waals surface area contributed by atoms with Gasteiger partial charge < -0.3 is 30.0 Å². The Morgan fingerprint density at radius 1 is 1.07 bits per heavy atom. The Hall–Kier alpha value is -3.68. The number of hydrogen-bond acceptors (Lipinski definition) is 8. The second-order valence-electron chi connectivity index (χ2n) is 5.74. The number of nitrogens with zero attached hydrogens (tertiary/aromatic N) is 2. The molecule has 27 heavy (non-hydrogen) atoms. The van der Waals surface area contributed by atoms with Crippen LogP contribution in [0, 0.1) is 0 Å². The van der Waals surface area contributed by atoms with Gasteiger partial charge in [-0.25, -0.2) is 4.98 Å². The van der Waals surface area contributed by atoms with Crippen molar-refractivity contribution < 1.29 is 18.9 Å². The predicted molar refractivity (Wildman–Crippen MR) is 99.4 cm³/mol. The number of anilines is 2. The monoisotopic (exact) mass is 366 g/mol. The molecule has 138 valence electrons. The molecule has 0 atom stereocenters. The summed E-state index contributed by atoms with van der Waals surface area (Å²) in [4.78, 5) is 8.32. The van der Waals surface area contributed by atoms with Crippen LogP contribution in [0.1, 0.15) is 5.56 Å². The molecule has 0 saturated heterocycles. The number of para-hydroxylation sites is 2. The molecule has 0 spiro atoms. The van der Waals surface area contributed by atoms with E-state index in [1.54, 1.807) is 19.2 Å². The molecule has 1 aromatic heterocycles. The van der Waals surface area contributed by atoms with Gasteiger partial charge in [-0.1, -0.05) is 18.2 Å². The van der Waals surface area contributed by atoms with Crippen LogP contribution in [0.25, 0.3) is 0 Å². The van der Waals surface area contributed by atoms with Crippen molar-refractivity contribution in [1.29, 1.82) is 0 Å². The van der Waals surface area contributed by atoms with E-state index in [9.17, 15) is 0 Å². The fourth-order valence-corrected chi connectivity index (χ4v) is 2.65. The Morgan fingerprint density at radius 3 is 2.74 bits per heavy atom. The standard InChI is InChI=1S/C19H18N4O4/c1-24-13-4-2-3-5-15(13)27-19-17(20)18(22-10-23-19)21-9-12-6-7-14-16(8-12)26-11-25-14/h2-8,10H,9,11,20H2,1H3,(H,21,22,23). The molecule has 0 bridgehead atoms. The zero-order valence-electron chi connectivity index (χ0n) is 14.6. The van der Waals surface area contributed by atoms with E-state index in [0.717, 1.165) is 17.1 Å². The fraction of sp³-hybridized carbons (Fsp3) is 0.158. The summed E-state index contributed by atoms with van der Waals surface area (Å²) in [5, 5.41) is 3.19. The molecule has 1 aliphatic rings. The molecule has 0 aliphatic carbocycles. The van der Waals surface area contributed by atoms with Crippen molar-refractivity contribution >= 4 is 11.5 Å². The number of nitrogen functional groups attached to an aromatic ring is 1. The molecule has 8 heteroatoms. The average Bonchev–Trinajstić information content (AvgIpc) is 3.17. The summed E-state index contributed by atoms with van der Waals surface area (Å²) < 4.78 is 21.8. The molecular formula is C19H18N4O4. The van der Waals surface area contributed by atoms with Crippen molar-refractivity contribution in [2.24, 2.45) is 0 Å². The predicted octanol–water partition coefficient (Wildman–Crippen LogP) is 3.20. The van der Waals surface area contributed by atoms with E-state index in [1.807, 2.05) is 30.3 Å². The summed E-state index contributed by atoms with van der Waals surface area (Å²) in [7, 11) is 1.57. The first-order valence-corrected chi connectivity index (χ1v) is 8.28. The number of nitrogens with one attached hydrogen (secondary N) is 1. The van der Waals surface area contributed by atoms with Gasteiger partial charge in [-0.3, -0.25) is 0 Å². The van der Waals surface area contributed by atoms with Gasteiger partial charge in [-0.15, -0.1) is 0 Å². The minimum Gasteiger partial charge on any atom is -0.493 e. The van der Waals surface area contributed by atoms with Crippen molar-refractivity contribution in [3.63, 3.8) is 0 Å². The highest BCUT2D eigenvalue weighted by atomic mass is 16.7. The first-order valence-electron chi connectivity index (χ1n) is 8.28. The van der Waals surface area contributed by atoms with Crippen LogP contribution in [-0.2, 0) is 6.54 Å². The van der Waals surface area contributed by atoms with Crippen molar-refractivity contribution in [3.05, 3.63) is 54.4 Å². The molecule has 0 saturated carbocycles. The highest BCUT2D eigenvalue weighted by Crippen LogP contribution is 2.35. The van der Waals surface area contributed by atoms with Crippen LogP contribution in [0.4, 0.5) is 11.5 Å². The van der Waals surface area contributed by atoms with Crippen molar-refractivity contribution in [3.8, 4) is 28.9 Å². The summed E-state index contributed by atoms with van der Waals surface area (Å²) >= 11 is 0. The van der Waals surface area contributed by atoms with Gasteiger partial charge in [0.05, 0.1) is 7.11 Å². The number of hydrogen-bond donors (Lipinski definition) is 2. The van der Waals surface area contributed by atoms with E-state index in [0.29, 0.717) is 29.5 Å². The average molecular weight is 366 g/mol.